The first-order valence-electron chi connectivity index (χ1n) is 7.66. The number of carbonyl (C=O) groups excluding carboxylic acids is 1. The second-order valence-electron chi connectivity index (χ2n) is 5.99. The number of hydrogen-bond donors (Lipinski definition) is 1. The van der Waals surface area contributed by atoms with Crippen LogP contribution in [0.3, 0.4) is 0 Å². The molecule has 1 aliphatic rings. The maximum Gasteiger partial charge on any atom is 0.253 e. The molecule has 1 N–H and O–H groups in total. The summed E-state index contributed by atoms with van der Waals surface area (Å²) in [4.78, 5) is 21.7. The van der Waals surface area contributed by atoms with Crippen molar-refractivity contribution in [3.05, 3.63) is 65.9 Å². The number of benzene rings is 1. The van der Waals surface area contributed by atoms with E-state index in [9.17, 15) is 9.18 Å². The fourth-order valence-electron chi connectivity index (χ4n) is 3.14. The van der Waals surface area contributed by atoms with Crippen LogP contribution in [-0.4, -0.2) is 33.9 Å². The van der Waals surface area contributed by atoms with E-state index in [-0.39, 0.29) is 11.7 Å². The van der Waals surface area contributed by atoms with E-state index in [1.165, 1.54) is 12.1 Å². The van der Waals surface area contributed by atoms with Gasteiger partial charge < -0.3 is 9.88 Å². The molecule has 23 heavy (non-hydrogen) atoms. The zero-order chi connectivity index (χ0) is 15.8. The van der Waals surface area contributed by atoms with Gasteiger partial charge in [-0.3, -0.25) is 9.78 Å². The lowest BCUT2D eigenvalue weighted by Gasteiger charge is -2.39. The van der Waals surface area contributed by atoms with Gasteiger partial charge in [0, 0.05) is 36.4 Å². The Morgan fingerprint density at radius 2 is 2.17 bits per heavy atom. The number of rotatable bonds is 3. The Morgan fingerprint density at radius 1 is 1.30 bits per heavy atom. The number of aromatic amines is 1. The summed E-state index contributed by atoms with van der Waals surface area (Å²) in [5.41, 5.74) is 2.52. The molecular weight excluding hydrogens is 293 g/mol. The van der Waals surface area contributed by atoms with Crippen molar-refractivity contribution in [3.63, 3.8) is 0 Å². The molecule has 0 bridgehead atoms. The minimum atomic E-state index is -0.379. The van der Waals surface area contributed by atoms with Gasteiger partial charge in [-0.15, -0.1) is 0 Å². The number of pyridine rings is 1. The van der Waals surface area contributed by atoms with Gasteiger partial charge in [0.15, 0.2) is 0 Å². The van der Waals surface area contributed by atoms with E-state index in [0.717, 1.165) is 23.0 Å². The quantitative estimate of drug-likeness (QED) is 0.808. The van der Waals surface area contributed by atoms with Gasteiger partial charge in [-0.2, -0.15) is 0 Å². The monoisotopic (exact) mass is 309 g/mol. The fraction of sp³-hybridized carbons (Fsp3) is 0.222. The molecule has 4 rings (SSSR count). The van der Waals surface area contributed by atoms with Crippen LogP contribution >= 0.6 is 0 Å². The van der Waals surface area contributed by atoms with Crippen molar-refractivity contribution < 1.29 is 9.18 Å². The van der Waals surface area contributed by atoms with E-state index in [2.05, 4.69) is 9.97 Å². The zero-order valence-corrected chi connectivity index (χ0v) is 12.5. The maximum absolute atomic E-state index is 13.2. The van der Waals surface area contributed by atoms with Crippen molar-refractivity contribution in [2.24, 2.45) is 5.92 Å². The van der Waals surface area contributed by atoms with Crippen molar-refractivity contribution in [1.82, 2.24) is 14.9 Å². The Morgan fingerprint density at radius 3 is 3.00 bits per heavy atom. The molecule has 1 aliphatic heterocycles. The first-order chi connectivity index (χ1) is 11.2. The van der Waals surface area contributed by atoms with E-state index < -0.39 is 0 Å². The zero-order valence-electron chi connectivity index (χ0n) is 12.5. The topological polar surface area (TPSA) is 49.0 Å². The predicted octanol–water partition coefficient (Wildman–Crippen LogP) is 3.02. The maximum atomic E-state index is 13.2. The lowest BCUT2D eigenvalue weighted by Crippen LogP contribution is -2.50. The molecule has 1 amide bonds. The molecule has 4 nitrogen and oxygen atoms in total. The minimum absolute atomic E-state index is 0.105. The van der Waals surface area contributed by atoms with Crippen molar-refractivity contribution in [3.8, 4) is 0 Å². The van der Waals surface area contributed by atoms with Gasteiger partial charge in [0.05, 0.1) is 11.2 Å². The number of nitrogens with zero attached hydrogens (tertiary/aromatic N) is 2. The largest absolute Gasteiger partial charge is 0.360 e. The molecule has 1 saturated heterocycles. The lowest BCUT2D eigenvalue weighted by atomic mass is 9.93. The second-order valence-corrected chi connectivity index (χ2v) is 5.99. The summed E-state index contributed by atoms with van der Waals surface area (Å²) in [7, 11) is 0. The van der Waals surface area contributed by atoms with E-state index in [4.69, 9.17) is 0 Å². The van der Waals surface area contributed by atoms with E-state index in [1.807, 2.05) is 24.5 Å². The van der Waals surface area contributed by atoms with Crippen LogP contribution in [0.4, 0.5) is 4.39 Å². The highest BCUT2D eigenvalue weighted by molar-refractivity contribution is 5.94. The number of H-pyrrole nitrogens is 1. The standard InChI is InChI=1S/C18H16FN3O/c19-15-3-1-2-14(9-15)18(23)22-10-12(11-22)8-16-17-13(4-6-20-16)5-7-21-17/h1-7,9,12,21H,8,10-11H2. The summed E-state index contributed by atoms with van der Waals surface area (Å²) in [5.74, 6) is -0.0868. The number of likely N-dealkylation sites (tertiary alicyclic amines) is 1. The van der Waals surface area contributed by atoms with Gasteiger partial charge in [-0.05, 0) is 42.7 Å². The first kappa shape index (κ1) is 13.9. The van der Waals surface area contributed by atoms with Gasteiger partial charge in [0.2, 0.25) is 0 Å². The Kier molecular flexibility index (Phi) is 3.33. The molecule has 1 aromatic carbocycles. The Balaban J connectivity index is 1.42. The molecule has 3 aromatic rings. The van der Waals surface area contributed by atoms with Crippen LogP contribution in [0.5, 0.6) is 0 Å². The van der Waals surface area contributed by atoms with Crippen LogP contribution in [0.25, 0.3) is 10.9 Å². The minimum Gasteiger partial charge on any atom is -0.360 e. The molecule has 0 aliphatic carbocycles. The number of halogens is 1. The fourth-order valence-corrected chi connectivity index (χ4v) is 3.14. The number of hydrogen-bond acceptors (Lipinski definition) is 2. The van der Waals surface area contributed by atoms with Crippen molar-refractivity contribution >= 4 is 16.8 Å². The van der Waals surface area contributed by atoms with Crippen LogP contribution in [0.1, 0.15) is 16.1 Å². The number of nitrogens with one attached hydrogen (secondary N) is 1. The number of fused-ring (bicyclic) bond motifs is 1. The molecule has 0 unspecified atom stereocenters. The van der Waals surface area contributed by atoms with Crippen LogP contribution in [0, 0.1) is 11.7 Å². The average Bonchev–Trinajstić information content (AvgIpc) is 2.99. The van der Waals surface area contributed by atoms with Crippen molar-refractivity contribution in [2.75, 3.05) is 13.1 Å². The summed E-state index contributed by atoms with van der Waals surface area (Å²) < 4.78 is 13.2. The number of aromatic nitrogens is 2. The first-order valence-corrected chi connectivity index (χ1v) is 7.66. The average molecular weight is 309 g/mol. The van der Waals surface area contributed by atoms with Gasteiger partial charge in [-0.1, -0.05) is 6.07 Å². The molecule has 3 heterocycles. The summed E-state index contributed by atoms with van der Waals surface area (Å²) in [6, 6.07) is 9.86. The molecule has 2 aromatic heterocycles. The molecular formula is C18H16FN3O. The lowest BCUT2D eigenvalue weighted by molar-refractivity contribution is 0.0499. The highest BCUT2D eigenvalue weighted by Gasteiger charge is 2.32. The number of amides is 1. The highest BCUT2D eigenvalue weighted by atomic mass is 19.1. The Bertz CT molecular complexity index is 867. The predicted molar refractivity (Wildman–Crippen MR) is 85.6 cm³/mol. The summed E-state index contributed by atoms with van der Waals surface area (Å²) in [5, 5.41) is 1.15. The molecule has 0 spiro atoms. The number of carbonyl (C=O) groups is 1. The van der Waals surface area contributed by atoms with Crippen LogP contribution in [0.2, 0.25) is 0 Å². The Hall–Kier alpha value is -2.69. The molecule has 116 valence electrons. The van der Waals surface area contributed by atoms with Gasteiger partial charge in [-0.25, -0.2) is 4.39 Å². The van der Waals surface area contributed by atoms with Crippen molar-refractivity contribution in [2.45, 2.75) is 6.42 Å². The van der Waals surface area contributed by atoms with Crippen LogP contribution in [0.15, 0.2) is 48.8 Å². The van der Waals surface area contributed by atoms with E-state index in [0.29, 0.717) is 24.6 Å². The smallest absolute Gasteiger partial charge is 0.253 e. The summed E-state index contributed by atoms with van der Waals surface area (Å²) >= 11 is 0. The van der Waals surface area contributed by atoms with Gasteiger partial charge in [0.25, 0.3) is 5.91 Å². The van der Waals surface area contributed by atoms with E-state index in [1.54, 1.807) is 17.0 Å². The third kappa shape index (κ3) is 2.59. The SMILES string of the molecule is O=C(c1cccc(F)c1)N1CC(Cc2nccc3cc[nH]c23)C1. The molecule has 0 atom stereocenters. The molecule has 0 radical (unpaired) electrons. The van der Waals surface area contributed by atoms with Gasteiger partial charge in [0.1, 0.15) is 5.82 Å². The molecule has 5 heteroatoms. The van der Waals surface area contributed by atoms with Crippen LogP contribution in [-0.2, 0) is 6.42 Å². The van der Waals surface area contributed by atoms with Crippen molar-refractivity contribution in [1.29, 1.82) is 0 Å². The van der Waals surface area contributed by atoms with Gasteiger partial charge >= 0.3 is 0 Å². The van der Waals surface area contributed by atoms with Crippen LogP contribution < -0.4 is 0 Å². The second kappa shape index (κ2) is 5.50. The summed E-state index contributed by atoms with van der Waals surface area (Å²) in [6.07, 6.45) is 4.57. The molecule has 0 saturated carbocycles. The molecule has 1 fully saturated rings. The third-order valence-corrected chi connectivity index (χ3v) is 4.35. The summed E-state index contributed by atoms with van der Waals surface area (Å²) in [6.45, 7) is 1.38. The third-order valence-electron chi connectivity index (χ3n) is 4.35. The van der Waals surface area contributed by atoms with E-state index >= 15 is 0 Å². The Labute approximate surface area is 133 Å². The normalized spacial score (nSPS) is 14.9. The highest BCUT2D eigenvalue weighted by Crippen LogP contribution is 2.25.